The largest absolute Gasteiger partial charge is 0.451 e. The van der Waals surface area contributed by atoms with E-state index < -0.39 is 12.1 Å². The number of hydrogen-bond acceptors (Lipinski definition) is 4. The van der Waals surface area contributed by atoms with E-state index in [2.05, 4.69) is 27.2 Å². The number of nitrogens with two attached hydrogens (primary N) is 1. The average Bonchev–Trinajstić information content (AvgIpc) is 3.34. The van der Waals surface area contributed by atoms with Crippen molar-refractivity contribution in [2.24, 2.45) is 16.6 Å². The van der Waals surface area contributed by atoms with Gasteiger partial charge in [-0.2, -0.15) is 4.99 Å². The first kappa shape index (κ1) is 24.2. The molecule has 2 aromatic rings. The van der Waals surface area contributed by atoms with E-state index in [9.17, 15) is 14.4 Å². The van der Waals surface area contributed by atoms with Crippen molar-refractivity contribution in [1.29, 1.82) is 0 Å². The monoisotopic (exact) mass is 449 g/mol. The fraction of sp³-hybridized carbons (Fsp3) is 0.385. The summed E-state index contributed by atoms with van der Waals surface area (Å²) in [6.07, 6.45) is 2.78. The molecule has 0 bridgehead atoms. The number of hydrogen-bond donors (Lipinski definition) is 2. The van der Waals surface area contributed by atoms with Crippen LogP contribution in [-0.4, -0.2) is 36.8 Å². The van der Waals surface area contributed by atoms with Gasteiger partial charge in [0, 0.05) is 17.9 Å². The molecule has 0 aromatic heterocycles. The van der Waals surface area contributed by atoms with Gasteiger partial charge in [-0.1, -0.05) is 54.6 Å². The molecule has 3 atom stereocenters. The van der Waals surface area contributed by atoms with Crippen molar-refractivity contribution in [2.75, 3.05) is 7.11 Å². The molecule has 7 nitrogen and oxygen atoms in total. The predicted octanol–water partition coefficient (Wildman–Crippen LogP) is 3.75. The zero-order valence-corrected chi connectivity index (χ0v) is 19.1. The van der Waals surface area contributed by atoms with Crippen LogP contribution in [0.3, 0.4) is 0 Å². The minimum absolute atomic E-state index is 0.00296. The van der Waals surface area contributed by atoms with Gasteiger partial charge in [-0.05, 0) is 49.7 Å². The molecule has 1 fully saturated rings. The molecule has 1 saturated carbocycles. The summed E-state index contributed by atoms with van der Waals surface area (Å²) in [5, 5.41) is 2.91. The van der Waals surface area contributed by atoms with E-state index in [-0.39, 0.29) is 23.4 Å². The van der Waals surface area contributed by atoms with Gasteiger partial charge in [0.15, 0.2) is 5.78 Å². The quantitative estimate of drug-likeness (QED) is 0.471. The van der Waals surface area contributed by atoms with E-state index in [1.54, 1.807) is 19.1 Å². The maximum atomic E-state index is 12.7. The Balaban J connectivity index is 1.45. The molecule has 174 valence electrons. The molecule has 0 unspecified atom stereocenters. The Hall–Kier alpha value is -3.48. The van der Waals surface area contributed by atoms with Crippen LogP contribution in [0.4, 0.5) is 4.79 Å². The molecule has 33 heavy (non-hydrogen) atoms. The number of ether oxygens (including phenoxy) is 1. The first-order chi connectivity index (χ1) is 15.9. The Morgan fingerprint density at radius 3 is 2.45 bits per heavy atom. The average molecular weight is 450 g/mol. The van der Waals surface area contributed by atoms with Gasteiger partial charge in [-0.3, -0.25) is 9.59 Å². The second-order valence-corrected chi connectivity index (χ2v) is 8.48. The molecule has 1 aliphatic carbocycles. The molecule has 2 aromatic carbocycles. The molecule has 3 rings (SSSR count). The van der Waals surface area contributed by atoms with Crippen LogP contribution >= 0.6 is 0 Å². The summed E-state index contributed by atoms with van der Waals surface area (Å²) in [5.74, 6) is 0.399. The lowest BCUT2D eigenvalue weighted by Crippen LogP contribution is -2.41. The first-order valence-corrected chi connectivity index (χ1v) is 11.3. The molecular formula is C26H31N3O4. The minimum atomic E-state index is -0.758. The number of aliphatic imine (C=N–C) groups is 1. The molecule has 1 aliphatic rings. The van der Waals surface area contributed by atoms with Gasteiger partial charge in [0.25, 0.3) is 0 Å². The van der Waals surface area contributed by atoms with Crippen molar-refractivity contribution in [2.45, 2.75) is 51.0 Å². The van der Waals surface area contributed by atoms with E-state index in [0.717, 1.165) is 24.8 Å². The Morgan fingerprint density at radius 2 is 1.79 bits per heavy atom. The fourth-order valence-electron chi connectivity index (χ4n) is 4.19. The van der Waals surface area contributed by atoms with E-state index in [0.29, 0.717) is 24.3 Å². The molecule has 0 heterocycles. The molecular weight excluding hydrogens is 418 g/mol. The predicted molar refractivity (Wildman–Crippen MR) is 127 cm³/mol. The number of amides is 2. The van der Waals surface area contributed by atoms with Crippen LogP contribution in [0.1, 0.15) is 55.2 Å². The number of aryl methyl sites for hydroxylation is 1. The van der Waals surface area contributed by atoms with E-state index in [1.165, 1.54) is 12.7 Å². The summed E-state index contributed by atoms with van der Waals surface area (Å²) in [6.45, 7) is 1.75. The van der Waals surface area contributed by atoms with Crippen LogP contribution in [0, 0.1) is 5.92 Å². The first-order valence-electron chi connectivity index (χ1n) is 11.3. The van der Waals surface area contributed by atoms with Crippen LogP contribution in [-0.2, 0) is 20.7 Å². The summed E-state index contributed by atoms with van der Waals surface area (Å²) >= 11 is 0. The number of carbonyl (C=O) groups is 3. The van der Waals surface area contributed by atoms with Crippen molar-refractivity contribution in [3.8, 4) is 0 Å². The smallest absolute Gasteiger partial charge is 0.435 e. The maximum Gasteiger partial charge on any atom is 0.435 e. The Labute approximate surface area is 194 Å². The summed E-state index contributed by atoms with van der Waals surface area (Å²) in [6, 6.07) is 16.9. The standard InChI is InChI=1S/C26H31N3O4/c1-17(28-25(31)22-14-13-21(16-22)19-6-4-3-5-7-19)23(30)15-10-18-8-11-20(12-9-18)24(27)29-26(32)33-2/h3-9,11-12,17,21-22H,10,13-16H2,1-2H3,(H,28,31)(H2,27,29,32)/t17-,21+,22+/m0/s1. The Kier molecular flexibility index (Phi) is 8.35. The normalized spacial score (nSPS) is 19.0. The molecule has 2 amide bonds. The third-order valence-electron chi connectivity index (χ3n) is 6.21. The summed E-state index contributed by atoms with van der Waals surface area (Å²) in [7, 11) is 1.23. The summed E-state index contributed by atoms with van der Waals surface area (Å²) < 4.78 is 4.46. The second-order valence-electron chi connectivity index (χ2n) is 8.48. The lowest BCUT2D eigenvalue weighted by molar-refractivity contribution is -0.129. The second kappa shape index (κ2) is 11.4. The van der Waals surface area contributed by atoms with Crippen molar-refractivity contribution >= 4 is 23.6 Å². The van der Waals surface area contributed by atoms with Crippen molar-refractivity contribution in [1.82, 2.24) is 5.32 Å². The highest BCUT2D eigenvalue weighted by Gasteiger charge is 2.31. The Morgan fingerprint density at radius 1 is 1.09 bits per heavy atom. The van der Waals surface area contributed by atoms with Crippen LogP contribution in [0.25, 0.3) is 0 Å². The van der Waals surface area contributed by atoms with Gasteiger partial charge >= 0.3 is 6.09 Å². The van der Waals surface area contributed by atoms with E-state index >= 15 is 0 Å². The molecule has 7 heteroatoms. The van der Waals surface area contributed by atoms with E-state index in [1.807, 2.05) is 30.3 Å². The van der Waals surface area contributed by atoms with Gasteiger partial charge in [0.1, 0.15) is 5.84 Å². The van der Waals surface area contributed by atoms with E-state index in [4.69, 9.17) is 5.73 Å². The highest BCUT2D eigenvalue weighted by atomic mass is 16.5. The molecule has 0 aliphatic heterocycles. The highest BCUT2D eigenvalue weighted by Crippen LogP contribution is 2.38. The fourth-order valence-corrected chi connectivity index (χ4v) is 4.19. The zero-order chi connectivity index (χ0) is 23.8. The molecule has 0 saturated heterocycles. The zero-order valence-electron chi connectivity index (χ0n) is 19.1. The van der Waals surface area contributed by atoms with Crippen LogP contribution in [0.5, 0.6) is 0 Å². The third kappa shape index (κ3) is 6.75. The number of rotatable bonds is 8. The topological polar surface area (TPSA) is 111 Å². The number of nitrogens with one attached hydrogen (secondary N) is 1. The molecule has 3 N–H and O–H groups in total. The number of carbonyl (C=O) groups excluding carboxylic acids is 3. The van der Waals surface area contributed by atoms with Gasteiger partial charge in [-0.15, -0.1) is 0 Å². The molecule has 0 radical (unpaired) electrons. The Bertz CT molecular complexity index is 1000. The van der Waals surface area contributed by atoms with Crippen LogP contribution in [0.15, 0.2) is 59.6 Å². The SMILES string of the molecule is COC(=O)N=C(N)c1ccc(CCC(=O)[C@H](C)NC(=O)[C@@H]2CC[C@@H](c3ccccc3)C2)cc1. The van der Waals surface area contributed by atoms with Crippen LogP contribution in [0.2, 0.25) is 0 Å². The number of benzene rings is 2. The summed E-state index contributed by atoms with van der Waals surface area (Å²) in [4.78, 5) is 40.1. The number of Topliss-reactive ketones (excluding diaryl/α,β-unsaturated/α-hetero) is 1. The number of nitrogens with zero attached hydrogens (tertiary/aromatic N) is 1. The highest BCUT2D eigenvalue weighted by molar-refractivity contribution is 6.02. The number of ketones is 1. The lowest BCUT2D eigenvalue weighted by atomic mass is 9.96. The number of methoxy groups -OCH3 is 1. The van der Waals surface area contributed by atoms with Gasteiger partial charge in [-0.25, -0.2) is 4.79 Å². The van der Waals surface area contributed by atoms with Gasteiger partial charge in [0.2, 0.25) is 5.91 Å². The maximum absolute atomic E-state index is 12.7. The van der Waals surface area contributed by atoms with Crippen molar-refractivity contribution in [3.63, 3.8) is 0 Å². The molecule has 0 spiro atoms. The van der Waals surface area contributed by atoms with Gasteiger partial charge in [0.05, 0.1) is 13.2 Å². The summed E-state index contributed by atoms with van der Waals surface area (Å²) in [5.41, 5.74) is 8.61. The minimum Gasteiger partial charge on any atom is -0.451 e. The van der Waals surface area contributed by atoms with Crippen LogP contribution < -0.4 is 11.1 Å². The lowest BCUT2D eigenvalue weighted by Gasteiger charge is -2.17. The van der Waals surface area contributed by atoms with Crippen molar-refractivity contribution in [3.05, 3.63) is 71.3 Å². The van der Waals surface area contributed by atoms with Crippen molar-refractivity contribution < 1.29 is 19.1 Å². The third-order valence-corrected chi connectivity index (χ3v) is 6.21. The number of amidine groups is 1. The van der Waals surface area contributed by atoms with Gasteiger partial charge < -0.3 is 15.8 Å².